The smallest absolute Gasteiger partial charge is 0.232 e. The van der Waals surface area contributed by atoms with Crippen molar-refractivity contribution in [3.8, 4) is 11.1 Å². The zero-order chi connectivity index (χ0) is 30.3. The van der Waals surface area contributed by atoms with Gasteiger partial charge in [0.1, 0.15) is 0 Å². The maximum absolute atomic E-state index is 13.8. The number of halogens is 1. The van der Waals surface area contributed by atoms with E-state index in [4.69, 9.17) is 11.6 Å². The van der Waals surface area contributed by atoms with E-state index in [2.05, 4.69) is 50.4 Å². The van der Waals surface area contributed by atoms with Crippen molar-refractivity contribution < 1.29 is 9.59 Å². The first-order valence-corrected chi connectivity index (χ1v) is 15.0. The van der Waals surface area contributed by atoms with Gasteiger partial charge >= 0.3 is 0 Å². The van der Waals surface area contributed by atoms with Crippen LogP contribution in [0.4, 0.5) is 5.69 Å². The molecule has 42 heavy (non-hydrogen) atoms. The third-order valence-corrected chi connectivity index (χ3v) is 7.51. The summed E-state index contributed by atoms with van der Waals surface area (Å²) in [6.07, 6.45) is 6.19. The second-order valence-corrected chi connectivity index (χ2v) is 12.5. The van der Waals surface area contributed by atoms with Crippen molar-refractivity contribution in [3.63, 3.8) is 0 Å². The molecule has 0 spiro atoms. The SMILES string of the molecule is CCCC(=O)c1ccc(C[C@@H](C(=O)Nc2ccc(-c3ccc(Cl)cc3C)cc2)c2ccc(/C=C/C(C)(C)C)cc2)cc1. The molecule has 0 heterocycles. The minimum atomic E-state index is -0.402. The average Bonchev–Trinajstić information content (AvgIpc) is 2.96. The quantitative estimate of drug-likeness (QED) is 0.190. The predicted molar refractivity (Wildman–Crippen MR) is 177 cm³/mol. The molecule has 1 amide bonds. The molecule has 216 valence electrons. The van der Waals surface area contributed by atoms with Gasteiger partial charge in [0.2, 0.25) is 5.91 Å². The van der Waals surface area contributed by atoms with Gasteiger partial charge in [-0.1, -0.05) is 118 Å². The number of allylic oxidation sites excluding steroid dienone is 1. The summed E-state index contributed by atoms with van der Waals surface area (Å²) >= 11 is 6.14. The highest BCUT2D eigenvalue weighted by Crippen LogP contribution is 2.29. The third-order valence-electron chi connectivity index (χ3n) is 7.28. The Morgan fingerprint density at radius 2 is 1.55 bits per heavy atom. The van der Waals surface area contributed by atoms with Crippen LogP contribution in [0.3, 0.4) is 0 Å². The zero-order valence-electron chi connectivity index (χ0n) is 25.2. The summed E-state index contributed by atoms with van der Waals surface area (Å²) in [5.41, 5.74) is 7.87. The topological polar surface area (TPSA) is 46.2 Å². The lowest BCUT2D eigenvalue weighted by atomic mass is 9.89. The number of aryl methyl sites for hydroxylation is 1. The lowest BCUT2D eigenvalue weighted by Gasteiger charge is -2.19. The molecule has 0 aliphatic rings. The van der Waals surface area contributed by atoms with E-state index in [1.165, 1.54) is 0 Å². The van der Waals surface area contributed by atoms with Crippen LogP contribution in [0.15, 0.2) is 97.1 Å². The molecule has 0 aliphatic heterocycles. The molecule has 4 aromatic rings. The van der Waals surface area contributed by atoms with E-state index in [-0.39, 0.29) is 17.1 Å². The number of benzene rings is 4. The molecule has 0 aliphatic carbocycles. The standard InChI is InChI=1S/C38H40ClNO2/c1-6-7-36(41)31-14-10-28(11-15-31)25-35(30-12-8-27(9-13-30)22-23-38(3,4)5)37(42)40-33-19-16-29(17-20-33)34-21-18-32(39)24-26(34)2/h8-24,35H,6-7,25H2,1-5H3,(H,40,42)/b23-22+/t35-/m1/s1. The van der Waals surface area contributed by atoms with E-state index < -0.39 is 5.92 Å². The molecule has 0 saturated heterocycles. The van der Waals surface area contributed by atoms with Crippen molar-refractivity contribution in [3.05, 3.63) is 130 Å². The molecule has 4 heteroatoms. The van der Waals surface area contributed by atoms with Gasteiger partial charge in [-0.2, -0.15) is 0 Å². The molecule has 3 nitrogen and oxygen atoms in total. The van der Waals surface area contributed by atoms with Crippen LogP contribution in [-0.2, 0) is 11.2 Å². The number of anilines is 1. The molecule has 0 saturated carbocycles. The maximum Gasteiger partial charge on any atom is 0.232 e. The van der Waals surface area contributed by atoms with Crippen molar-refractivity contribution in [1.82, 2.24) is 0 Å². The van der Waals surface area contributed by atoms with Crippen molar-refractivity contribution in [2.75, 3.05) is 5.32 Å². The molecule has 1 N–H and O–H groups in total. The number of hydrogen-bond donors (Lipinski definition) is 1. The van der Waals surface area contributed by atoms with Crippen LogP contribution in [0.25, 0.3) is 17.2 Å². The van der Waals surface area contributed by atoms with Gasteiger partial charge in [0.05, 0.1) is 5.92 Å². The van der Waals surface area contributed by atoms with Crippen LogP contribution < -0.4 is 5.32 Å². The van der Waals surface area contributed by atoms with Crippen LogP contribution in [0.1, 0.15) is 79.1 Å². The number of ketones is 1. The van der Waals surface area contributed by atoms with E-state index in [1.54, 1.807) is 0 Å². The van der Waals surface area contributed by atoms with Gasteiger partial charge in [-0.05, 0) is 82.8 Å². The highest BCUT2D eigenvalue weighted by molar-refractivity contribution is 6.30. The van der Waals surface area contributed by atoms with Crippen LogP contribution in [0.2, 0.25) is 5.02 Å². The third kappa shape index (κ3) is 8.53. The van der Waals surface area contributed by atoms with Crippen molar-refractivity contribution >= 4 is 35.1 Å². The summed E-state index contributed by atoms with van der Waals surface area (Å²) in [4.78, 5) is 26.1. The first kappa shape index (κ1) is 31.0. The lowest BCUT2D eigenvalue weighted by Crippen LogP contribution is -2.23. The highest BCUT2D eigenvalue weighted by Gasteiger charge is 2.22. The van der Waals surface area contributed by atoms with Crippen molar-refractivity contribution in [2.45, 2.75) is 59.8 Å². The second kappa shape index (κ2) is 13.8. The lowest BCUT2D eigenvalue weighted by molar-refractivity contribution is -0.117. The predicted octanol–water partition coefficient (Wildman–Crippen LogP) is 10.3. The summed E-state index contributed by atoms with van der Waals surface area (Å²) in [6, 6.07) is 29.7. The Balaban J connectivity index is 1.57. The summed E-state index contributed by atoms with van der Waals surface area (Å²) in [6.45, 7) is 10.6. The van der Waals surface area contributed by atoms with Gasteiger partial charge in [-0.3, -0.25) is 9.59 Å². The van der Waals surface area contributed by atoms with Crippen LogP contribution >= 0.6 is 11.6 Å². The largest absolute Gasteiger partial charge is 0.326 e. The zero-order valence-corrected chi connectivity index (χ0v) is 26.0. The molecule has 0 aromatic heterocycles. The number of rotatable bonds is 10. The summed E-state index contributed by atoms with van der Waals surface area (Å²) in [5.74, 6) is -0.329. The van der Waals surface area contributed by atoms with Crippen molar-refractivity contribution in [1.29, 1.82) is 0 Å². The monoisotopic (exact) mass is 577 g/mol. The Labute approximate surface area is 255 Å². The van der Waals surface area contributed by atoms with Gasteiger partial charge in [-0.25, -0.2) is 0 Å². The Kier molecular flexibility index (Phi) is 10.2. The maximum atomic E-state index is 13.8. The minimum absolute atomic E-state index is 0.0745. The van der Waals surface area contributed by atoms with Crippen LogP contribution in [0, 0.1) is 12.3 Å². The Morgan fingerprint density at radius 1 is 0.881 bits per heavy atom. The molecule has 1 atom stereocenters. The number of Topliss-reactive ketones (excluding diaryl/α,β-unsaturated/α-hetero) is 1. The van der Waals surface area contributed by atoms with E-state index in [0.29, 0.717) is 23.4 Å². The molecule has 4 rings (SSSR count). The van der Waals surface area contributed by atoms with Gasteiger partial charge in [0.25, 0.3) is 0 Å². The number of carbonyl (C=O) groups excluding carboxylic acids is 2. The average molecular weight is 578 g/mol. The van der Waals surface area contributed by atoms with Crippen LogP contribution in [0.5, 0.6) is 0 Å². The summed E-state index contributed by atoms with van der Waals surface area (Å²) < 4.78 is 0. The fourth-order valence-corrected chi connectivity index (χ4v) is 5.12. The second-order valence-electron chi connectivity index (χ2n) is 12.0. The van der Waals surface area contributed by atoms with E-state index >= 15 is 0 Å². The van der Waals surface area contributed by atoms with Gasteiger partial charge in [0.15, 0.2) is 5.78 Å². The number of hydrogen-bond acceptors (Lipinski definition) is 2. The Morgan fingerprint density at radius 3 is 2.14 bits per heavy atom. The fraction of sp³-hybridized carbons (Fsp3) is 0.263. The number of carbonyl (C=O) groups is 2. The molecule has 0 fully saturated rings. The van der Waals surface area contributed by atoms with Gasteiger partial charge in [0, 0.05) is 22.7 Å². The molecule has 4 aromatic carbocycles. The van der Waals surface area contributed by atoms with E-state index in [1.807, 2.05) is 92.7 Å². The van der Waals surface area contributed by atoms with Gasteiger partial charge < -0.3 is 5.32 Å². The number of amides is 1. The minimum Gasteiger partial charge on any atom is -0.326 e. The number of nitrogens with one attached hydrogen (secondary N) is 1. The Bertz CT molecular complexity index is 1540. The van der Waals surface area contributed by atoms with Crippen molar-refractivity contribution in [2.24, 2.45) is 5.41 Å². The van der Waals surface area contributed by atoms with E-state index in [0.717, 1.165) is 45.5 Å². The Hall–Kier alpha value is -3.95. The summed E-state index contributed by atoms with van der Waals surface area (Å²) in [5, 5.41) is 3.86. The molecule has 0 radical (unpaired) electrons. The van der Waals surface area contributed by atoms with Crippen LogP contribution in [-0.4, -0.2) is 11.7 Å². The molecular weight excluding hydrogens is 538 g/mol. The first-order chi connectivity index (χ1) is 20.0. The summed E-state index contributed by atoms with van der Waals surface area (Å²) in [7, 11) is 0. The van der Waals surface area contributed by atoms with Gasteiger partial charge in [-0.15, -0.1) is 0 Å². The molecule has 0 unspecified atom stereocenters. The highest BCUT2D eigenvalue weighted by atomic mass is 35.5. The fourth-order valence-electron chi connectivity index (χ4n) is 4.89. The van der Waals surface area contributed by atoms with E-state index in [9.17, 15) is 9.59 Å². The normalized spacial score (nSPS) is 12.3. The molecular formula is C38H40ClNO2. The molecule has 0 bridgehead atoms. The first-order valence-electron chi connectivity index (χ1n) is 14.6.